The Labute approximate surface area is 68.7 Å². The first-order chi connectivity index (χ1) is 5.07. The van der Waals surface area contributed by atoms with E-state index in [1.807, 2.05) is 0 Å². The molecule has 1 saturated carbocycles. The number of rotatable bonds is 1. The number of nitrogens with zero attached hydrogens (tertiary/aromatic N) is 1. The summed E-state index contributed by atoms with van der Waals surface area (Å²) >= 11 is 5.51. The summed E-state index contributed by atoms with van der Waals surface area (Å²) < 4.78 is 0. The third-order valence-electron chi connectivity index (χ3n) is 1.88. The van der Waals surface area contributed by atoms with Gasteiger partial charge in [-0.05, 0) is 24.4 Å². The van der Waals surface area contributed by atoms with Gasteiger partial charge in [-0.1, -0.05) is 0 Å². The highest BCUT2D eigenvalue weighted by atomic mass is 35.5. The van der Waals surface area contributed by atoms with Crippen molar-refractivity contribution in [3.63, 3.8) is 0 Å². The van der Waals surface area contributed by atoms with Gasteiger partial charge in [0.15, 0.2) is 0 Å². The Kier molecular flexibility index (Phi) is 2.13. The van der Waals surface area contributed by atoms with Crippen LogP contribution >= 0.6 is 11.6 Å². The molecule has 5 heteroatoms. The minimum atomic E-state index is -1.81. The van der Waals surface area contributed by atoms with Crippen molar-refractivity contribution in [3.8, 4) is 0 Å². The zero-order valence-corrected chi connectivity index (χ0v) is 6.63. The Hall–Kier alpha value is -0.640. The summed E-state index contributed by atoms with van der Waals surface area (Å²) in [5.74, 6) is -0.449. The summed E-state index contributed by atoms with van der Waals surface area (Å²) in [5.41, 5.74) is 0. The van der Waals surface area contributed by atoms with E-state index in [1.165, 1.54) is 0 Å². The molecule has 4 nitrogen and oxygen atoms in total. The van der Waals surface area contributed by atoms with Gasteiger partial charge in [-0.3, -0.25) is 14.9 Å². The molecule has 62 valence electrons. The smallest absolute Gasteiger partial charge is 0.290 e. The van der Waals surface area contributed by atoms with E-state index in [-0.39, 0.29) is 12.8 Å². The van der Waals surface area contributed by atoms with E-state index in [0.717, 1.165) is 6.42 Å². The number of hydrogen-bond donors (Lipinski definition) is 0. The molecule has 0 N–H and O–H groups in total. The van der Waals surface area contributed by atoms with Gasteiger partial charge in [-0.15, -0.1) is 0 Å². The molecule has 0 amide bonds. The predicted octanol–water partition coefficient (Wildman–Crippen LogP) is 1.34. The molecule has 0 saturated heterocycles. The number of ketones is 1. The minimum absolute atomic E-state index is 0.167. The van der Waals surface area contributed by atoms with Gasteiger partial charge < -0.3 is 0 Å². The molecule has 1 unspecified atom stereocenters. The van der Waals surface area contributed by atoms with Gasteiger partial charge in [0.1, 0.15) is 0 Å². The van der Waals surface area contributed by atoms with Crippen molar-refractivity contribution in [2.75, 3.05) is 0 Å². The summed E-state index contributed by atoms with van der Waals surface area (Å²) in [4.78, 5) is 18.8. The van der Waals surface area contributed by atoms with E-state index in [9.17, 15) is 14.9 Å². The zero-order valence-electron chi connectivity index (χ0n) is 5.88. The second kappa shape index (κ2) is 2.77. The van der Waals surface area contributed by atoms with Crippen molar-refractivity contribution in [2.24, 2.45) is 0 Å². The Bertz CT molecular complexity index is 206. The van der Waals surface area contributed by atoms with Crippen molar-refractivity contribution in [1.82, 2.24) is 0 Å². The van der Waals surface area contributed by atoms with E-state index in [4.69, 9.17) is 11.6 Å². The second-order valence-electron chi connectivity index (χ2n) is 2.65. The van der Waals surface area contributed by atoms with E-state index in [2.05, 4.69) is 0 Å². The lowest BCUT2D eigenvalue weighted by molar-refractivity contribution is -0.527. The molecule has 1 rings (SSSR count). The SMILES string of the molecule is O=C1CCCCC1(Cl)[N+](=O)[O-]. The van der Waals surface area contributed by atoms with Crippen molar-refractivity contribution in [2.45, 2.75) is 30.7 Å². The fourth-order valence-electron chi connectivity index (χ4n) is 1.17. The quantitative estimate of drug-likeness (QED) is 0.263. The minimum Gasteiger partial charge on any atom is -0.290 e. The largest absolute Gasteiger partial charge is 0.352 e. The van der Waals surface area contributed by atoms with Crippen molar-refractivity contribution < 1.29 is 9.72 Å². The maximum atomic E-state index is 11.0. The van der Waals surface area contributed by atoms with Crippen LogP contribution in [0.2, 0.25) is 0 Å². The third-order valence-corrected chi connectivity index (χ3v) is 2.42. The highest BCUT2D eigenvalue weighted by Gasteiger charge is 2.49. The molecule has 0 aliphatic heterocycles. The fraction of sp³-hybridized carbons (Fsp3) is 0.833. The molecule has 1 atom stereocenters. The van der Waals surface area contributed by atoms with Gasteiger partial charge in [0.2, 0.25) is 5.78 Å². The van der Waals surface area contributed by atoms with E-state index >= 15 is 0 Å². The summed E-state index contributed by atoms with van der Waals surface area (Å²) in [6, 6.07) is 0. The summed E-state index contributed by atoms with van der Waals surface area (Å²) in [5, 5.41) is 10.3. The monoisotopic (exact) mass is 177 g/mol. The molecule has 0 spiro atoms. The topological polar surface area (TPSA) is 60.2 Å². The van der Waals surface area contributed by atoms with Crippen LogP contribution in [0.1, 0.15) is 25.7 Å². The van der Waals surface area contributed by atoms with Gasteiger partial charge in [-0.2, -0.15) is 0 Å². The standard InChI is InChI=1S/C6H8ClNO3/c7-6(8(10)11)4-2-1-3-5(6)9/h1-4H2. The lowest BCUT2D eigenvalue weighted by atomic mass is 9.94. The molecule has 0 radical (unpaired) electrons. The second-order valence-corrected chi connectivity index (χ2v) is 3.27. The molecule has 0 bridgehead atoms. The fourth-order valence-corrected chi connectivity index (χ4v) is 1.40. The molecule has 0 heterocycles. The molecular formula is C6H8ClNO3. The maximum absolute atomic E-state index is 11.0. The molecular weight excluding hydrogens is 170 g/mol. The summed E-state index contributed by atoms with van der Waals surface area (Å²) in [6.07, 6.45) is 1.79. The van der Waals surface area contributed by atoms with E-state index in [1.54, 1.807) is 0 Å². The molecule has 0 aromatic heterocycles. The van der Waals surface area contributed by atoms with Crippen LogP contribution in [0.5, 0.6) is 0 Å². The number of nitro groups is 1. The van der Waals surface area contributed by atoms with Gasteiger partial charge in [0.05, 0.1) is 4.92 Å². The van der Waals surface area contributed by atoms with Gasteiger partial charge in [0, 0.05) is 12.8 Å². The van der Waals surface area contributed by atoms with Crippen LogP contribution in [-0.4, -0.2) is 15.7 Å². The van der Waals surface area contributed by atoms with Crippen LogP contribution in [0, 0.1) is 10.1 Å². The Morgan fingerprint density at radius 3 is 2.55 bits per heavy atom. The molecule has 0 aromatic carbocycles. The summed E-state index contributed by atoms with van der Waals surface area (Å²) in [6.45, 7) is 0. The molecule has 11 heavy (non-hydrogen) atoms. The van der Waals surface area contributed by atoms with Crippen LogP contribution in [0.25, 0.3) is 0 Å². The maximum Gasteiger partial charge on any atom is 0.352 e. The van der Waals surface area contributed by atoms with Crippen LogP contribution in [0.15, 0.2) is 0 Å². The highest BCUT2D eigenvalue weighted by molar-refractivity contribution is 6.33. The first-order valence-corrected chi connectivity index (χ1v) is 3.82. The molecule has 1 aliphatic rings. The number of carbonyl (C=O) groups excluding carboxylic acids is 1. The third kappa shape index (κ3) is 1.35. The van der Waals surface area contributed by atoms with Crippen molar-refractivity contribution in [3.05, 3.63) is 10.1 Å². The molecule has 1 aliphatic carbocycles. The predicted molar refractivity (Wildman–Crippen MR) is 39.1 cm³/mol. The number of carbonyl (C=O) groups is 1. The highest BCUT2D eigenvalue weighted by Crippen LogP contribution is 2.31. The zero-order chi connectivity index (χ0) is 8.48. The van der Waals surface area contributed by atoms with Gasteiger partial charge in [-0.25, -0.2) is 0 Å². The Morgan fingerprint density at radius 2 is 2.18 bits per heavy atom. The number of Topliss-reactive ketones (excluding diaryl/α,β-unsaturated/α-hetero) is 1. The molecule has 1 fully saturated rings. The van der Waals surface area contributed by atoms with Crippen LogP contribution in [0.4, 0.5) is 0 Å². The number of halogens is 1. The lowest BCUT2D eigenvalue weighted by Gasteiger charge is -2.20. The normalized spacial score (nSPS) is 31.9. The average Bonchev–Trinajstić information content (AvgIpc) is 1.95. The average molecular weight is 178 g/mol. The van der Waals surface area contributed by atoms with E-state index < -0.39 is 15.7 Å². The molecule has 0 aromatic rings. The first kappa shape index (κ1) is 8.46. The van der Waals surface area contributed by atoms with E-state index in [0.29, 0.717) is 6.42 Å². The van der Waals surface area contributed by atoms with Gasteiger partial charge in [0.25, 0.3) is 0 Å². The Morgan fingerprint density at radius 1 is 1.55 bits per heavy atom. The van der Waals surface area contributed by atoms with Crippen LogP contribution < -0.4 is 0 Å². The number of alkyl halides is 1. The summed E-state index contributed by atoms with van der Waals surface area (Å²) in [7, 11) is 0. The van der Waals surface area contributed by atoms with Gasteiger partial charge >= 0.3 is 5.00 Å². The van der Waals surface area contributed by atoms with Crippen LogP contribution in [-0.2, 0) is 4.79 Å². The van der Waals surface area contributed by atoms with Crippen molar-refractivity contribution in [1.29, 1.82) is 0 Å². The van der Waals surface area contributed by atoms with Crippen molar-refractivity contribution >= 4 is 17.4 Å². The number of hydrogen-bond acceptors (Lipinski definition) is 3. The van der Waals surface area contributed by atoms with Crippen LogP contribution in [0.3, 0.4) is 0 Å². The Balaban J connectivity index is 2.81. The first-order valence-electron chi connectivity index (χ1n) is 3.44. The lowest BCUT2D eigenvalue weighted by Crippen LogP contribution is -2.42.